The molecule has 2 heterocycles. The van der Waals surface area contributed by atoms with Gasteiger partial charge >= 0.3 is 6.03 Å². The van der Waals surface area contributed by atoms with E-state index >= 15 is 0 Å². The number of amides is 5. The highest BCUT2D eigenvalue weighted by Gasteiger charge is 2.58. The summed E-state index contributed by atoms with van der Waals surface area (Å²) in [7, 11) is -3.59. The number of sulfone groups is 1. The summed E-state index contributed by atoms with van der Waals surface area (Å²) in [6, 6.07) is -4.16. The van der Waals surface area contributed by atoms with Crippen LogP contribution in [0.2, 0.25) is 0 Å². The molecule has 4 aliphatic rings. The van der Waals surface area contributed by atoms with E-state index in [0.29, 0.717) is 19.3 Å². The molecule has 5 amide bonds. The smallest absolute Gasteiger partial charge is 0.315 e. The van der Waals surface area contributed by atoms with Crippen molar-refractivity contribution in [2.75, 3.05) is 12.3 Å². The predicted octanol–water partition coefficient (Wildman–Crippen LogP) is 2.48. The first-order chi connectivity index (χ1) is 23.0. The highest BCUT2D eigenvalue weighted by molar-refractivity contribution is 7.92. The number of nitrogens with one attached hydrogen (secondary N) is 4. The maximum Gasteiger partial charge on any atom is 0.315 e. The topological polar surface area (TPSA) is 189 Å². The maximum absolute atomic E-state index is 14.5. The Hall–Kier alpha value is -2.78. The van der Waals surface area contributed by atoms with Crippen molar-refractivity contribution >= 4 is 39.4 Å². The summed E-state index contributed by atoms with van der Waals surface area (Å²) in [6.07, 6.45) is 4.24. The van der Waals surface area contributed by atoms with Crippen molar-refractivity contribution in [3.05, 3.63) is 0 Å². The molecule has 14 nitrogen and oxygen atoms in total. The summed E-state index contributed by atoms with van der Waals surface area (Å²) in [5.74, 6) is -3.97. The van der Waals surface area contributed by atoms with E-state index in [0.717, 1.165) is 32.1 Å². The molecule has 0 radical (unpaired) electrons. The van der Waals surface area contributed by atoms with E-state index in [1.807, 2.05) is 6.92 Å². The Morgan fingerprint density at radius 1 is 0.920 bits per heavy atom. The van der Waals surface area contributed by atoms with Gasteiger partial charge in [-0.25, -0.2) is 13.2 Å². The number of hydrogen-bond acceptors (Lipinski definition) is 9. The molecule has 2 saturated heterocycles. The third-order valence-electron chi connectivity index (χ3n) is 10.1. The van der Waals surface area contributed by atoms with E-state index < -0.39 is 91.2 Å². The fourth-order valence-electron chi connectivity index (χ4n) is 7.07. The molecule has 4 fully saturated rings. The number of fused-ring (bicyclic) bond motifs is 1. The second kappa shape index (κ2) is 14.7. The Morgan fingerprint density at radius 2 is 1.54 bits per heavy atom. The van der Waals surface area contributed by atoms with Crippen LogP contribution in [0.3, 0.4) is 0 Å². The molecule has 4 N–H and O–H groups in total. The van der Waals surface area contributed by atoms with E-state index in [1.165, 1.54) is 4.90 Å². The lowest BCUT2D eigenvalue weighted by molar-refractivity contribution is -0.171. The van der Waals surface area contributed by atoms with Gasteiger partial charge in [0.25, 0.3) is 5.91 Å². The number of ketones is 1. The van der Waals surface area contributed by atoms with Crippen LogP contribution in [0.25, 0.3) is 0 Å². The van der Waals surface area contributed by atoms with E-state index in [4.69, 9.17) is 9.47 Å². The van der Waals surface area contributed by atoms with Gasteiger partial charge in [-0.1, -0.05) is 53.4 Å². The van der Waals surface area contributed by atoms with Crippen LogP contribution < -0.4 is 21.3 Å². The van der Waals surface area contributed by atoms with Crippen LogP contribution >= 0.6 is 0 Å². The molecule has 0 aromatic heterocycles. The van der Waals surface area contributed by atoms with E-state index in [9.17, 15) is 32.4 Å². The molecule has 5 atom stereocenters. The van der Waals surface area contributed by atoms with Crippen molar-refractivity contribution in [3.8, 4) is 0 Å². The lowest BCUT2D eigenvalue weighted by atomic mass is 9.83. The molecule has 0 bridgehead atoms. The zero-order chi connectivity index (χ0) is 37.4. The number of likely N-dealkylation sites (tertiary alicyclic amines) is 1. The first kappa shape index (κ1) is 40.0. The normalized spacial score (nSPS) is 25.9. The van der Waals surface area contributed by atoms with Crippen LogP contribution in [0.5, 0.6) is 0 Å². The Labute approximate surface area is 297 Å². The number of ether oxygens (including phenoxy) is 2. The van der Waals surface area contributed by atoms with E-state index in [1.54, 1.807) is 55.4 Å². The number of Topliss-reactive ketones (excluding diaryl/α,β-unsaturated/α-hetero) is 1. The Kier molecular flexibility index (Phi) is 11.7. The summed E-state index contributed by atoms with van der Waals surface area (Å²) in [6.45, 7) is 15.5. The van der Waals surface area contributed by atoms with Crippen molar-refractivity contribution < 1.29 is 41.9 Å². The first-order valence-corrected chi connectivity index (χ1v) is 19.8. The molecule has 0 spiro atoms. The molecule has 2 saturated carbocycles. The number of carbonyl (C=O) groups is 5. The molecular weight excluding hydrogens is 666 g/mol. The highest BCUT2D eigenvalue weighted by atomic mass is 32.2. The SMILES string of the molecule is CCC[C@H](NC(=O)[C@@H]1[C@H]2OC(C)(C)O[C@H]2CN1C(=O)[C@@H](NC(=O)NC1(CS(=O)(=O)C(C)(C)C)CCCCC1)C(C)(C)C)C(=O)C(=O)NC1CC1. The summed E-state index contributed by atoms with van der Waals surface area (Å²) >= 11 is 0. The molecule has 0 aromatic carbocycles. The minimum Gasteiger partial charge on any atom is -0.347 e. The number of carbonyl (C=O) groups excluding carboxylic acids is 5. The predicted molar refractivity (Wildman–Crippen MR) is 187 cm³/mol. The lowest BCUT2D eigenvalue weighted by Crippen LogP contribution is -2.64. The third kappa shape index (κ3) is 9.36. The van der Waals surface area contributed by atoms with Gasteiger partial charge in [-0.15, -0.1) is 0 Å². The Bertz CT molecular complexity index is 1420. The zero-order valence-corrected chi connectivity index (χ0v) is 32.1. The van der Waals surface area contributed by atoms with Crippen LogP contribution in [0.4, 0.5) is 4.79 Å². The van der Waals surface area contributed by atoms with E-state index in [2.05, 4.69) is 21.3 Å². The molecule has 15 heteroatoms. The van der Waals surface area contributed by atoms with Crippen LogP contribution in [0.15, 0.2) is 0 Å². The van der Waals surface area contributed by atoms with Crippen molar-refractivity contribution in [3.63, 3.8) is 0 Å². The standard InChI is InChI=1S/C35H59N5O9S/c1-10-14-22(25(41)29(43)36-21-15-16-21)37-28(42)24-26-23(48-34(8,9)49-26)19-40(24)30(44)27(32(2,3)4)38-31(45)39-35(17-12-11-13-18-35)20-50(46,47)33(5,6)7/h21-24,26-27H,10-20H2,1-9H3,(H,36,43)(H,37,42)(H2,38,39,45)/t22-,23-,24-,26-,27+/m0/s1. The van der Waals surface area contributed by atoms with Gasteiger partial charge in [-0.3, -0.25) is 19.2 Å². The zero-order valence-electron chi connectivity index (χ0n) is 31.3. The van der Waals surface area contributed by atoms with Gasteiger partial charge in [-0.05, 0) is 72.1 Å². The largest absolute Gasteiger partial charge is 0.347 e. The van der Waals surface area contributed by atoms with Gasteiger partial charge in [0.15, 0.2) is 15.6 Å². The fourth-order valence-corrected chi connectivity index (χ4v) is 8.59. The molecule has 284 valence electrons. The highest BCUT2D eigenvalue weighted by Crippen LogP contribution is 2.38. The second-order valence-corrected chi connectivity index (χ2v) is 19.9. The lowest BCUT2D eigenvalue weighted by Gasteiger charge is -2.41. The van der Waals surface area contributed by atoms with E-state index in [-0.39, 0.29) is 24.8 Å². The average molecular weight is 726 g/mol. The van der Waals surface area contributed by atoms with Crippen molar-refractivity contribution in [2.45, 2.75) is 173 Å². The fraction of sp³-hybridized carbons (Fsp3) is 0.857. The minimum absolute atomic E-state index is 0.0107. The molecule has 0 unspecified atom stereocenters. The molecule has 4 rings (SSSR count). The van der Waals surface area contributed by atoms with Crippen LogP contribution in [-0.2, 0) is 38.5 Å². The molecule has 2 aliphatic heterocycles. The summed E-state index contributed by atoms with van der Waals surface area (Å²) < 4.78 is 37.8. The third-order valence-corrected chi connectivity index (χ3v) is 12.9. The van der Waals surface area contributed by atoms with Gasteiger partial charge in [0, 0.05) is 6.04 Å². The number of hydrogen-bond donors (Lipinski definition) is 4. The van der Waals surface area contributed by atoms with Gasteiger partial charge in [0.05, 0.1) is 28.6 Å². The summed E-state index contributed by atoms with van der Waals surface area (Å²) in [5.41, 5.74) is -1.83. The van der Waals surface area contributed by atoms with Gasteiger partial charge in [0.1, 0.15) is 24.3 Å². The minimum atomic E-state index is -3.59. The van der Waals surface area contributed by atoms with Crippen molar-refractivity contribution in [1.29, 1.82) is 0 Å². The Balaban J connectivity index is 1.58. The van der Waals surface area contributed by atoms with Crippen LogP contribution in [0.1, 0.15) is 120 Å². The molecule has 2 aliphatic carbocycles. The van der Waals surface area contributed by atoms with Gasteiger partial charge in [0.2, 0.25) is 17.6 Å². The molecule has 0 aromatic rings. The molecule has 50 heavy (non-hydrogen) atoms. The quantitative estimate of drug-likeness (QED) is 0.219. The summed E-state index contributed by atoms with van der Waals surface area (Å²) in [5, 5.41) is 11.2. The van der Waals surface area contributed by atoms with Crippen molar-refractivity contribution in [1.82, 2.24) is 26.2 Å². The molecular formula is C35H59N5O9S. The number of nitrogens with zero attached hydrogens (tertiary/aromatic N) is 1. The number of rotatable bonds is 12. The summed E-state index contributed by atoms with van der Waals surface area (Å²) in [4.78, 5) is 69.5. The van der Waals surface area contributed by atoms with Crippen molar-refractivity contribution in [2.24, 2.45) is 5.41 Å². The second-order valence-electron chi connectivity index (χ2n) is 17.1. The monoisotopic (exact) mass is 725 g/mol. The van der Waals surface area contributed by atoms with Crippen LogP contribution in [0, 0.1) is 5.41 Å². The average Bonchev–Trinajstić information content (AvgIpc) is 3.65. The maximum atomic E-state index is 14.5. The Morgan fingerprint density at radius 3 is 2.08 bits per heavy atom. The first-order valence-electron chi connectivity index (χ1n) is 18.1. The van der Waals surface area contributed by atoms with Crippen LogP contribution in [-0.4, -0.2) is 108 Å². The number of urea groups is 1. The van der Waals surface area contributed by atoms with Gasteiger partial charge < -0.3 is 35.6 Å². The van der Waals surface area contributed by atoms with Gasteiger partial charge in [-0.2, -0.15) is 0 Å².